The summed E-state index contributed by atoms with van der Waals surface area (Å²) in [6.45, 7) is 0.719. The number of phosphoric ester groups is 1. The van der Waals surface area contributed by atoms with Gasteiger partial charge in [-0.1, -0.05) is 122 Å². The molecule has 4 rings (SSSR count). The second kappa shape index (κ2) is 24.6. The Morgan fingerprint density at radius 2 is 1.53 bits per heavy atom. The zero-order valence-electron chi connectivity index (χ0n) is 33.9. The van der Waals surface area contributed by atoms with Gasteiger partial charge in [-0.2, -0.15) is 15.6 Å². The fourth-order valence-electron chi connectivity index (χ4n) is 7.32. The monoisotopic (exact) mass is 828 g/mol. The highest BCUT2D eigenvalue weighted by molar-refractivity contribution is 7.47. The highest BCUT2D eigenvalue weighted by Gasteiger charge is 2.57. The van der Waals surface area contributed by atoms with E-state index in [1.807, 2.05) is 6.07 Å². The number of phosphoric acid groups is 1. The first-order valence-corrected chi connectivity index (χ1v) is 22.5. The molecule has 1 unspecified atom stereocenters. The molecule has 0 aliphatic carbocycles. The maximum absolute atomic E-state index is 14.5. The van der Waals surface area contributed by atoms with Crippen molar-refractivity contribution in [3.8, 4) is 12.1 Å². The van der Waals surface area contributed by atoms with Crippen molar-refractivity contribution < 1.29 is 42.6 Å². The van der Waals surface area contributed by atoms with E-state index in [-0.39, 0.29) is 29.2 Å². The zero-order valence-corrected chi connectivity index (χ0v) is 34.7. The Balaban J connectivity index is 1.21. The standard InChI is InChI=1S/C42H62FN6O8P/c1-2-3-4-5-6-7-8-9-10-11-12-13-14-15-16-17-18-19-20-34(54-27-33-25-32(26-44)21-22-35(33)43)28-55-58(52,53)56-30-42(29-45)40(51)38(50)39(57-42)36-23-24-37-41(46)47-31-48-49(36)37/h21-25,31,34,38-40,50-51H,2-20,27-28,30H2,1H3,(H,52,53)(H2,46,47,48)/t34-,38+,39+,40+,42-/m1/s1. The van der Waals surface area contributed by atoms with Crippen LogP contribution in [0.2, 0.25) is 0 Å². The van der Waals surface area contributed by atoms with Gasteiger partial charge in [-0.25, -0.2) is 18.5 Å². The van der Waals surface area contributed by atoms with Crippen LogP contribution in [0.3, 0.4) is 0 Å². The first-order chi connectivity index (χ1) is 28.0. The fraction of sp³-hybridized carbons (Fsp3) is 0.667. The number of benzene rings is 1. The van der Waals surface area contributed by atoms with E-state index in [4.69, 9.17) is 24.3 Å². The summed E-state index contributed by atoms with van der Waals surface area (Å²) in [5.41, 5.74) is 4.74. The Morgan fingerprint density at radius 1 is 0.931 bits per heavy atom. The van der Waals surface area contributed by atoms with Gasteiger partial charge in [0.25, 0.3) is 0 Å². The molecule has 320 valence electrons. The number of aliphatic hydroxyl groups is 2. The van der Waals surface area contributed by atoms with Crippen molar-refractivity contribution in [1.82, 2.24) is 14.6 Å². The molecule has 0 amide bonds. The zero-order chi connectivity index (χ0) is 41.8. The molecule has 1 aliphatic rings. The number of nitrogen functional groups attached to an aromatic ring is 1. The van der Waals surface area contributed by atoms with Gasteiger partial charge in [-0.05, 0) is 36.8 Å². The molecule has 0 spiro atoms. The minimum Gasteiger partial charge on any atom is -0.387 e. The highest BCUT2D eigenvalue weighted by atomic mass is 31.2. The lowest BCUT2D eigenvalue weighted by molar-refractivity contribution is -0.0763. The Labute approximate surface area is 342 Å². The van der Waals surface area contributed by atoms with Crippen LogP contribution < -0.4 is 5.73 Å². The number of nitriles is 2. The average molecular weight is 829 g/mol. The van der Waals surface area contributed by atoms with E-state index in [0.717, 1.165) is 25.7 Å². The van der Waals surface area contributed by atoms with Crippen LogP contribution in [0, 0.1) is 28.5 Å². The number of fused-ring (bicyclic) bond motifs is 1. The third-order valence-corrected chi connectivity index (χ3v) is 11.8. The van der Waals surface area contributed by atoms with E-state index >= 15 is 0 Å². The molecule has 0 saturated carbocycles. The van der Waals surface area contributed by atoms with Crippen molar-refractivity contribution in [3.63, 3.8) is 0 Å². The van der Waals surface area contributed by atoms with Gasteiger partial charge in [-0.15, -0.1) is 0 Å². The Kier molecular flexibility index (Phi) is 20.0. The number of nitrogens with zero attached hydrogens (tertiary/aromatic N) is 5. The first-order valence-electron chi connectivity index (χ1n) is 21.0. The van der Waals surface area contributed by atoms with Crippen LogP contribution in [0.15, 0.2) is 36.7 Å². The number of ether oxygens (including phenoxy) is 2. The molecule has 0 radical (unpaired) electrons. The second-order valence-electron chi connectivity index (χ2n) is 15.4. The maximum atomic E-state index is 14.5. The number of hydrogen-bond acceptors (Lipinski definition) is 12. The molecule has 58 heavy (non-hydrogen) atoms. The van der Waals surface area contributed by atoms with Crippen LogP contribution in [0.4, 0.5) is 10.2 Å². The summed E-state index contributed by atoms with van der Waals surface area (Å²) < 4.78 is 51.2. The predicted octanol–water partition coefficient (Wildman–Crippen LogP) is 8.53. The number of nitrogens with two attached hydrogens (primary N) is 1. The van der Waals surface area contributed by atoms with Crippen molar-refractivity contribution in [2.45, 2.75) is 166 Å². The predicted molar refractivity (Wildman–Crippen MR) is 216 cm³/mol. The van der Waals surface area contributed by atoms with Gasteiger partial charge < -0.3 is 30.3 Å². The number of anilines is 1. The van der Waals surface area contributed by atoms with Crippen LogP contribution in [0.1, 0.15) is 152 Å². The largest absolute Gasteiger partial charge is 0.472 e. The van der Waals surface area contributed by atoms with Gasteiger partial charge in [-0.3, -0.25) is 9.05 Å². The quantitative estimate of drug-likeness (QED) is 0.0381. The molecule has 3 aromatic rings. The van der Waals surface area contributed by atoms with E-state index in [1.54, 1.807) is 18.2 Å². The first kappa shape index (κ1) is 47.2. The molecule has 1 aromatic carbocycles. The average Bonchev–Trinajstić information content (AvgIpc) is 3.76. The van der Waals surface area contributed by atoms with E-state index in [1.165, 1.54) is 119 Å². The summed E-state index contributed by atoms with van der Waals surface area (Å²) in [6, 6.07) is 10.8. The van der Waals surface area contributed by atoms with E-state index in [2.05, 4.69) is 17.0 Å². The number of halogens is 1. The normalized spacial score (nSPS) is 20.8. The molecular formula is C42H62FN6O8P. The second-order valence-corrected chi connectivity index (χ2v) is 16.8. The number of aromatic nitrogens is 3. The minimum atomic E-state index is -4.89. The van der Waals surface area contributed by atoms with Crippen molar-refractivity contribution >= 4 is 19.2 Å². The smallest absolute Gasteiger partial charge is 0.387 e. The summed E-state index contributed by atoms with van der Waals surface area (Å²) in [5, 5.41) is 45.2. The van der Waals surface area contributed by atoms with Crippen LogP contribution in [-0.2, 0) is 29.7 Å². The summed E-state index contributed by atoms with van der Waals surface area (Å²) in [4.78, 5) is 14.6. The van der Waals surface area contributed by atoms with E-state index in [0.29, 0.717) is 11.9 Å². The van der Waals surface area contributed by atoms with Crippen molar-refractivity contribution in [2.24, 2.45) is 0 Å². The molecule has 14 nitrogen and oxygen atoms in total. The third-order valence-electron chi connectivity index (χ3n) is 10.8. The Bertz CT molecular complexity index is 1820. The van der Waals surface area contributed by atoms with Gasteiger partial charge in [0.2, 0.25) is 5.60 Å². The molecule has 0 bridgehead atoms. The van der Waals surface area contributed by atoms with Crippen LogP contribution in [0.25, 0.3) is 5.52 Å². The van der Waals surface area contributed by atoms with E-state index < -0.39 is 56.9 Å². The summed E-state index contributed by atoms with van der Waals surface area (Å²) >= 11 is 0. The van der Waals surface area contributed by atoms with Crippen LogP contribution in [-0.4, -0.2) is 66.8 Å². The van der Waals surface area contributed by atoms with E-state index in [9.17, 15) is 34.6 Å². The Hall–Kier alpha value is -3.50. The molecule has 2 aromatic heterocycles. The highest BCUT2D eigenvalue weighted by Crippen LogP contribution is 2.48. The maximum Gasteiger partial charge on any atom is 0.472 e. The number of unbranched alkanes of at least 4 members (excludes halogenated alkanes) is 17. The lowest BCUT2D eigenvalue weighted by atomic mass is 9.96. The topological polar surface area (TPSA) is 218 Å². The lowest BCUT2D eigenvalue weighted by Crippen LogP contribution is -2.45. The molecule has 3 heterocycles. The van der Waals surface area contributed by atoms with Crippen molar-refractivity contribution in [3.05, 3.63) is 59.3 Å². The number of hydrogen-bond donors (Lipinski definition) is 4. The fourth-order valence-corrected chi connectivity index (χ4v) is 8.10. The summed E-state index contributed by atoms with van der Waals surface area (Å²) in [7, 11) is -4.89. The molecular weight excluding hydrogens is 766 g/mol. The third kappa shape index (κ3) is 14.4. The summed E-state index contributed by atoms with van der Waals surface area (Å²) in [6.07, 6.45) is 18.4. The van der Waals surface area contributed by atoms with Gasteiger partial charge in [0.05, 0.1) is 36.6 Å². The van der Waals surface area contributed by atoms with Crippen molar-refractivity contribution in [2.75, 3.05) is 18.9 Å². The molecule has 5 N–H and O–H groups in total. The SMILES string of the molecule is CCCCCCCCCCCCCCCCCCCC[C@H](COP(=O)(O)OC[C@@]1(C#N)O[C@@H](c2ccc3c(N)ncnn23)[C@H](O)[C@@H]1O)OCc1cc(C#N)ccc1F. The lowest BCUT2D eigenvalue weighted by Gasteiger charge is -2.26. The molecule has 1 fully saturated rings. The molecule has 1 saturated heterocycles. The molecule has 16 heteroatoms. The molecule has 1 aliphatic heterocycles. The minimum absolute atomic E-state index is 0.158. The Morgan fingerprint density at radius 3 is 2.12 bits per heavy atom. The van der Waals surface area contributed by atoms with Crippen molar-refractivity contribution in [1.29, 1.82) is 10.5 Å². The van der Waals surface area contributed by atoms with Gasteiger partial charge in [0, 0.05) is 5.56 Å². The number of rotatable bonds is 29. The summed E-state index contributed by atoms with van der Waals surface area (Å²) in [5.74, 6) is -0.393. The van der Waals surface area contributed by atoms with Crippen LogP contribution >= 0.6 is 7.82 Å². The van der Waals surface area contributed by atoms with Gasteiger partial charge in [0.15, 0.2) is 5.82 Å². The number of aliphatic hydroxyl groups excluding tert-OH is 2. The van der Waals surface area contributed by atoms with Gasteiger partial charge >= 0.3 is 7.82 Å². The van der Waals surface area contributed by atoms with Gasteiger partial charge in [0.1, 0.15) is 48.6 Å². The van der Waals surface area contributed by atoms with Crippen LogP contribution in [0.5, 0.6) is 0 Å². The molecule has 6 atom stereocenters.